The van der Waals surface area contributed by atoms with E-state index in [0.29, 0.717) is 13.2 Å². The topological polar surface area (TPSA) is 87.7 Å². The quantitative estimate of drug-likeness (QED) is 0.772. The van der Waals surface area contributed by atoms with Crippen molar-refractivity contribution >= 4 is 23.3 Å². The largest absolute Gasteiger partial charge is 0.479 e. The number of hydrogen-bond acceptors (Lipinski definition) is 4. The Bertz CT molecular complexity index is 480. The second-order valence-electron chi connectivity index (χ2n) is 4.58. The molecule has 6 nitrogen and oxygen atoms in total. The molecule has 1 fully saturated rings. The predicted molar refractivity (Wildman–Crippen MR) is 70.2 cm³/mol. The standard InChI is InChI=1S/C12H16N2O4S/c1-8-5-19-6-9(8)4-13-11(17)14-12(10(15)16)2-3-18-7-12/h5-6H,2-4,7H2,1H3,(H,15,16)(H2,13,14,17). The van der Waals surface area contributed by atoms with Crippen LogP contribution in [-0.2, 0) is 16.1 Å². The summed E-state index contributed by atoms with van der Waals surface area (Å²) < 4.78 is 5.07. The molecule has 0 spiro atoms. The van der Waals surface area contributed by atoms with Crippen LogP contribution in [0, 0.1) is 6.92 Å². The first-order valence-electron chi connectivity index (χ1n) is 5.92. The van der Waals surface area contributed by atoms with Gasteiger partial charge in [-0.3, -0.25) is 0 Å². The fourth-order valence-electron chi connectivity index (χ4n) is 1.89. The molecule has 0 radical (unpaired) electrons. The Balaban J connectivity index is 1.90. The van der Waals surface area contributed by atoms with Crippen molar-refractivity contribution < 1.29 is 19.4 Å². The molecule has 104 valence electrons. The zero-order valence-corrected chi connectivity index (χ0v) is 11.4. The summed E-state index contributed by atoms with van der Waals surface area (Å²) in [4.78, 5) is 23.0. The normalized spacial score (nSPS) is 22.2. The third-order valence-electron chi connectivity index (χ3n) is 3.18. The highest BCUT2D eigenvalue weighted by Crippen LogP contribution is 2.19. The van der Waals surface area contributed by atoms with Crippen LogP contribution in [0.1, 0.15) is 17.5 Å². The lowest BCUT2D eigenvalue weighted by Crippen LogP contribution is -2.57. The summed E-state index contributed by atoms with van der Waals surface area (Å²) in [5.41, 5.74) is 0.850. The van der Waals surface area contributed by atoms with E-state index in [1.165, 1.54) is 0 Å². The van der Waals surface area contributed by atoms with Crippen LogP contribution in [0.3, 0.4) is 0 Å². The highest BCUT2D eigenvalue weighted by molar-refractivity contribution is 7.08. The number of carboxylic acids is 1. The molecular formula is C12H16N2O4S. The van der Waals surface area contributed by atoms with E-state index in [4.69, 9.17) is 4.74 Å². The molecule has 3 N–H and O–H groups in total. The highest BCUT2D eigenvalue weighted by atomic mass is 32.1. The van der Waals surface area contributed by atoms with Gasteiger partial charge in [-0.05, 0) is 28.8 Å². The second kappa shape index (κ2) is 5.58. The average molecular weight is 284 g/mol. The minimum atomic E-state index is -1.30. The Morgan fingerprint density at radius 2 is 2.32 bits per heavy atom. The maximum absolute atomic E-state index is 11.8. The van der Waals surface area contributed by atoms with Crippen LogP contribution < -0.4 is 10.6 Å². The number of hydrogen-bond donors (Lipinski definition) is 3. The maximum atomic E-state index is 11.8. The molecule has 1 aromatic heterocycles. The molecule has 1 aromatic rings. The third-order valence-corrected chi connectivity index (χ3v) is 4.10. The molecule has 19 heavy (non-hydrogen) atoms. The van der Waals surface area contributed by atoms with E-state index < -0.39 is 17.5 Å². The molecule has 1 atom stereocenters. The Morgan fingerprint density at radius 1 is 1.53 bits per heavy atom. The maximum Gasteiger partial charge on any atom is 0.332 e. The summed E-state index contributed by atoms with van der Waals surface area (Å²) in [6.07, 6.45) is 0.285. The summed E-state index contributed by atoms with van der Waals surface area (Å²) in [6, 6.07) is -0.487. The van der Waals surface area contributed by atoms with Crippen molar-refractivity contribution in [2.45, 2.75) is 25.4 Å². The Kier molecular flexibility index (Phi) is 4.06. The van der Waals surface area contributed by atoms with E-state index >= 15 is 0 Å². The highest BCUT2D eigenvalue weighted by Gasteiger charge is 2.43. The Morgan fingerprint density at radius 3 is 2.84 bits per heavy atom. The number of rotatable bonds is 4. The molecule has 0 bridgehead atoms. The lowest BCUT2D eigenvalue weighted by molar-refractivity contribution is -0.144. The average Bonchev–Trinajstić information content (AvgIpc) is 2.97. The van der Waals surface area contributed by atoms with Gasteiger partial charge in [0.2, 0.25) is 0 Å². The van der Waals surface area contributed by atoms with Crippen LogP contribution >= 0.6 is 11.3 Å². The van der Waals surface area contributed by atoms with E-state index in [1.807, 2.05) is 17.7 Å². The van der Waals surface area contributed by atoms with E-state index in [1.54, 1.807) is 11.3 Å². The second-order valence-corrected chi connectivity index (χ2v) is 5.32. The van der Waals surface area contributed by atoms with Gasteiger partial charge in [0.15, 0.2) is 5.54 Å². The van der Waals surface area contributed by atoms with Crippen molar-refractivity contribution in [2.24, 2.45) is 0 Å². The number of carbonyl (C=O) groups is 2. The summed E-state index contributed by atoms with van der Waals surface area (Å²) >= 11 is 1.57. The smallest absolute Gasteiger partial charge is 0.332 e. The van der Waals surface area contributed by atoms with Gasteiger partial charge < -0.3 is 20.5 Å². The van der Waals surface area contributed by atoms with Gasteiger partial charge in [0, 0.05) is 19.6 Å². The molecule has 7 heteroatoms. The summed E-state index contributed by atoms with van der Waals surface area (Å²) in [5, 5.41) is 18.3. The number of carbonyl (C=O) groups excluding carboxylic acids is 1. The predicted octanol–water partition coefficient (Wildman–Crippen LogP) is 1.10. The van der Waals surface area contributed by atoms with Gasteiger partial charge in [-0.25, -0.2) is 9.59 Å². The van der Waals surface area contributed by atoms with Crippen LogP contribution in [0.25, 0.3) is 0 Å². The minimum Gasteiger partial charge on any atom is -0.479 e. The summed E-state index contributed by atoms with van der Waals surface area (Å²) in [6.45, 7) is 2.70. The van der Waals surface area contributed by atoms with Crippen molar-refractivity contribution in [3.63, 3.8) is 0 Å². The first-order chi connectivity index (χ1) is 9.03. The van der Waals surface area contributed by atoms with Gasteiger partial charge in [-0.2, -0.15) is 11.3 Å². The zero-order valence-electron chi connectivity index (χ0n) is 10.6. The molecule has 0 saturated carbocycles. The number of carboxylic acid groups (broad SMARTS) is 1. The van der Waals surface area contributed by atoms with Gasteiger partial charge in [0.25, 0.3) is 0 Å². The van der Waals surface area contributed by atoms with Crippen molar-refractivity contribution in [3.8, 4) is 0 Å². The van der Waals surface area contributed by atoms with E-state index in [-0.39, 0.29) is 13.0 Å². The van der Waals surface area contributed by atoms with E-state index in [2.05, 4.69) is 10.6 Å². The van der Waals surface area contributed by atoms with Crippen LogP contribution in [0.15, 0.2) is 10.8 Å². The van der Waals surface area contributed by atoms with Crippen molar-refractivity contribution in [3.05, 3.63) is 21.9 Å². The van der Waals surface area contributed by atoms with Crippen LogP contribution in [0.5, 0.6) is 0 Å². The van der Waals surface area contributed by atoms with Crippen LogP contribution in [-0.4, -0.2) is 35.9 Å². The number of nitrogens with one attached hydrogen (secondary N) is 2. The van der Waals surface area contributed by atoms with Gasteiger partial charge in [0.1, 0.15) is 0 Å². The summed E-state index contributed by atoms with van der Waals surface area (Å²) in [5.74, 6) is -1.06. The number of aryl methyl sites for hydroxylation is 1. The molecule has 1 aliphatic heterocycles. The molecule has 1 saturated heterocycles. The van der Waals surface area contributed by atoms with Gasteiger partial charge >= 0.3 is 12.0 Å². The number of aliphatic carboxylic acids is 1. The SMILES string of the molecule is Cc1cscc1CNC(=O)NC1(C(=O)O)CCOC1. The van der Waals surface area contributed by atoms with E-state index in [0.717, 1.165) is 11.1 Å². The van der Waals surface area contributed by atoms with Crippen molar-refractivity contribution in [1.29, 1.82) is 0 Å². The zero-order chi connectivity index (χ0) is 13.9. The lowest BCUT2D eigenvalue weighted by Gasteiger charge is -2.23. The van der Waals surface area contributed by atoms with Crippen molar-refractivity contribution in [2.75, 3.05) is 13.2 Å². The van der Waals surface area contributed by atoms with Crippen molar-refractivity contribution in [1.82, 2.24) is 10.6 Å². The fourth-order valence-corrected chi connectivity index (χ4v) is 2.75. The molecule has 2 amide bonds. The molecule has 2 heterocycles. The number of urea groups is 1. The van der Waals surface area contributed by atoms with Gasteiger partial charge in [0.05, 0.1) is 6.61 Å². The minimum absolute atomic E-state index is 0.00717. The lowest BCUT2D eigenvalue weighted by atomic mass is 9.99. The first kappa shape index (κ1) is 13.8. The molecule has 1 unspecified atom stereocenters. The third kappa shape index (κ3) is 3.05. The Hall–Kier alpha value is -1.60. The van der Waals surface area contributed by atoms with E-state index in [9.17, 15) is 14.7 Å². The Labute approximate surface area is 114 Å². The van der Waals surface area contributed by atoms with Gasteiger partial charge in [-0.1, -0.05) is 0 Å². The number of amides is 2. The first-order valence-corrected chi connectivity index (χ1v) is 6.86. The molecule has 2 rings (SSSR count). The van der Waals surface area contributed by atoms with Crippen LogP contribution in [0.4, 0.5) is 4.79 Å². The molecule has 0 aliphatic carbocycles. The molecule has 0 aromatic carbocycles. The fraction of sp³-hybridized carbons (Fsp3) is 0.500. The molecule has 1 aliphatic rings. The number of ether oxygens (including phenoxy) is 1. The monoisotopic (exact) mass is 284 g/mol. The summed E-state index contributed by atoms with van der Waals surface area (Å²) in [7, 11) is 0. The van der Waals surface area contributed by atoms with Crippen LogP contribution in [0.2, 0.25) is 0 Å². The van der Waals surface area contributed by atoms with Gasteiger partial charge in [-0.15, -0.1) is 0 Å². The molecular weight excluding hydrogens is 268 g/mol. The number of thiophene rings is 1.